The van der Waals surface area contributed by atoms with Crippen LogP contribution in [0.5, 0.6) is 0 Å². The van der Waals surface area contributed by atoms with Gasteiger partial charge >= 0.3 is 0 Å². The van der Waals surface area contributed by atoms with E-state index in [1.54, 1.807) is 47.0 Å². The van der Waals surface area contributed by atoms with Gasteiger partial charge in [0.2, 0.25) is 11.6 Å². The van der Waals surface area contributed by atoms with E-state index in [1.807, 2.05) is 92.7 Å². The number of nitrogens with two attached hydrogens (primary N) is 2. The number of para-hydroxylation sites is 1. The maximum absolute atomic E-state index is 11.8. The first kappa shape index (κ1) is 62.1. The lowest BCUT2D eigenvalue weighted by Gasteiger charge is -2.12. The second-order valence-corrected chi connectivity index (χ2v) is 18.2. The van der Waals surface area contributed by atoms with Crippen molar-refractivity contribution >= 4 is 23.2 Å². The van der Waals surface area contributed by atoms with Crippen LogP contribution >= 0.6 is 0 Å². The van der Waals surface area contributed by atoms with Gasteiger partial charge < -0.3 is 16.6 Å². The van der Waals surface area contributed by atoms with Crippen molar-refractivity contribution in [1.29, 1.82) is 0 Å². The van der Waals surface area contributed by atoms with Crippen molar-refractivity contribution in [2.75, 3.05) is 11.5 Å². The van der Waals surface area contributed by atoms with Crippen LogP contribution in [0.1, 0.15) is 41.6 Å². The third-order valence-corrected chi connectivity index (χ3v) is 12.2. The Morgan fingerprint density at radius 3 is 1.79 bits per heavy atom. The van der Waals surface area contributed by atoms with Crippen molar-refractivity contribution in [3.63, 3.8) is 0 Å². The van der Waals surface area contributed by atoms with Crippen molar-refractivity contribution in [2.24, 2.45) is 7.05 Å². The number of aryl methyl sites for hydroxylation is 4. The summed E-state index contributed by atoms with van der Waals surface area (Å²) in [6, 6.07) is 40.3. The fraction of sp³-hybridized carbons (Fsp3) is 0.157. The smallest absolute Gasteiger partial charge is 0.278 e. The van der Waals surface area contributed by atoms with E-state index >= 15 is 0 Å². The summed E-state index contributed by atoms with van der Waals surface area (Å²) in [4.78, 5) is 33.1. The van der Waals surface area contributed by atoms with Gasteiger partial charge in [-0.1, -0.05) is 100 Å². The fourth-order valence-corrected chi connectivity index (χ4v) is 7.74. The highest BCUT2D eigenvalue weighted by molar-refractivity contribution is 5.67. The zero-order chi connectivity index (χ0) is 63.6. The number of anilines is 2. The molecule has 4 aromatic carbocycles. The van der Waals surface area contributed by atoms with E-state index in [-0.39, 0.29) is 23.7 Å². The zero-order valence-corrected chi connectivity index (χ0v) is 48.2. The van der Waals surface area contributed by atoms with Crippen LogP contribution < -0.4 is 22.6 Å². The molecule has 15 aromatic rings. The molecule has 40 heteroatoms. The highest BCUT2D eigenvalue weighted by Gasteiger charge is 2.17. The van der Waals surface area contributed by atoms with Crippen LogP contribution in [-0.4, -0.2) is 183 Å². The minimum atomic E-state index is -0.206. The molecule has 0 bridgehead atoms. The van der Waals surface area contributed by atoms with E-state index in [0.717, 1.165) is 71.1 Å². The van der Waals surface area contributed by atoms with E-state index in [4.69, 9.17) is 16.6 Å². The van der Waals surface area contributed by atoms with E-state index in [9.17, 15) is 9.59 Å². The molecule has 91 heavy (non-hydrogen) atoms. The summed E-state index contributed by atoms with van der Waals surface area (Å²) in [7, 11) is 1.80. The second kappa shape index (κ2) is 31.6. The quantitative estimate of drug-likeness (QED) is 0.104. The van der Waals surface area contributed by atoms with Gasteiger partial charge in [-0.05, 0) is 150 Å². The van der Waals surface area contributed by atoms with Crippen LogP contribution in [0, 0.1) is 13.8 Å². The van der Waals surface area contributed by atoms with Gasteiger partial charge in [0.05, 0.1) is 17.1 Å². The number of aromatic nitrogens is 35. The number of benzene rings is 4. The lowest BCUT2D eigenvalue weighted by Crippen LogP contribution is -2.25. The van der Waals surface area contributed by atoms with Crippen molar-refractivity contribution in [2.45, 2.75) is 46.1 Å². The Kier molecular flexibility index (Phi) is 21.6. The lowest BCUT2D eigenvalue weighted by molar-refractivity contribution is 0.268. The predicted molar refractivity (Wildman–Crippen MR) is 317 cm³/mol. The Labute approximate surface area is 509 Å². The number of hydrogen-bond acceptors (Lipinski definition) is 30. The number of aliphatic hydroxyl groups is 1. The molecule has 11 heterocycles. The Bertz CT molecular complexity index is 4620. The van der Waals surface area contributed by atoms with E-state index in [0.29, 0.717) is 34.7 Å². The van der Waals surface area contributed by atoms with Gasteiger partial charge in [-0.25, -0.2) is 9.67 Å². The molecular weight excluding hydrogens is 1180 g/mol. The number of nitrogens with one attached hydrogen (secondary N) is 5. The average molecular weight is 1230 g/mol. The number of fused-ring (bicyclic) bond motifs is 3. The van der Waals surface area contributed by atoms with Crippen molar-refractivity contribution < 1.29 is 5.11 Å². The van der Waals surface area contributed by atoms with Crippen molar-refractivity contribution in [3.8, 4) is 45.3 Å². The molecule has 460 valence electrons. The molecule has 0 saturated heterocycles. The van der Waals surface area contributed by atoms with E-state index in [2.05, 4.69) is 179 Å². The molecular formula is C51H53N37O3. The molecule has 1 aliphatic rings. The van der Waals surface area contributed by atoms with Crippen LogP contribution in [0.4, 0.5) is 11.6 Å². The van der Waals surface area contributed by atoms with E-state index in [1.165, 1.54) is 37.1 Å². The molecule has 0 fully saturated rings. The summed E-state index contributed by atoms with van der Waals surface area (Å²) < 4.78 is 7.44. The molecule has 0 spiro atoms. The summed E-state index contributed by atoms with van der Waals surface area (Å²) >= 11 is 0. The van der Waals surface area contributed by atoms with Crippen LogP contribution in [0.3, 0.4) is 0 Å². The van der Waals surface area contributed by atoms with Crippen molar-refractivity contribution in [1.82, 2.24) is 178 Å². The summed E-state index contributed by atoms with van der Waals surface area (Å²) in [5.74, 6) is 4.11. The van der Waals surface area contributed by atoms with Gasteiger partial charge in [0.15, 0.2) is 11.6 Å². The molecule has 1 aliphatic carbocycles. The number of aliphatic hydroxyl groups excluding tert-OH is 1. The number of nitrogens with zero attached hydrogens (tertiary/aromatic N) is 30. The number of nitrogen functional groups attached to an aromatic ring is 2. The molecule has 0 amide bonds. The van der Waals surface area contributed by atoms with E-state index < -0.39 is 0 Å². The first-order valence-corrected chi connectivity index (χ1v) is 26.8. The maximum atomic E-state index is 11.8. The summed E-state index contributed by atoms with van der Waals surface area (Å²) in [6.45, 7) is 3.53. The standard InChI is InChI=1S/C13H10N4.C8H9N5O.C8H8N4.C7H7N5O.C7H7N5.C4H3N5O.C3H6N4.CH3N5/c1-2-4-10(5-3-1)11-6-8-12(9-7-11)13-14-16-17-15-13;14-7-5-3-1-2-4-6(5)9-8-10-11-12-13(7)8;1-7-9-10-11-12(7)8-5-3-2-4-6-8;13-5-7-9-10-11-12(7)6-1-3-8-4-2-6;8-6-3-1-2-5(4-6)7-9-11-12-10-7;10-3-1-2-9-4(5-3)6-7-8-9;1-3-4-5-6-7(3)2;2-1-3-5-6-4-1/h1-9H,(H,14,15,16,17);1-4H2,(H,9,10,12);2-6H,1H3;1-4,13H,5H2;1-4H,8H2,(H,9,10,11,12);1-2H,(H,5,6,8,10);1-2H3;(H3,2,3,4,5,6). The normalized spacial score (nSPS) is 10.9. The van der Waals surface area contributed by atoms with Gasteiger partial charge in [0.25, 0.3) is 28.6 Å². The summed E-state index contributed by atoms with van der Waals surface area (Å²) in [5.41, 5.74) is 18.7. The topological polar surface area (TPSA) is 531 Å². The monoisotopic (exact) mass is 1230 g/mol. The molecule has 11 aromatic heterocycles. The Hall–Kier alpha value is -13.4. The number of rotatable bonds is 6. The number of pyridine rings is 1. The molecule has 0 aliphatic heterocycles. The van der Waals surface area contributed by atoms with Gasteiger partial charge in [0, 0.05) is 54.1 Å². The molecule has 40 nitrogen and oxygen atoms in total. The number of tetrazole rings is 8. The molecule has 0 atom stereocenters. The van der Waals surface area contributed by atoms with Gasteiger partial charge in [-0.2, -0.15) is 39.2 Å². The fourth-order valence-electron chi connectivity index (χ4n) is 7.74. The highest BCUT2D eigenvalue weighted by Crippen LogP contribution is 2.22. The predicted octanol–water partition coefficient (Wildman–Crippen LogP) is 0.307. The molecule has 10 N–H and O–H groups in total. The number of H-pyrrole nitrogens is 5. The Morgan fingerprint density at radius 2 is 1.18 bits per heavy atom. The van der Waals surface area contributed by atoms with Crippen molar-refractivity contribution in [3.05, 3.63) is 195 Å². The minimum Gasteiger partial charge on any atom is -0.399 e. The Balaban J connectivity index is 0.000000125. The molecule has 0 saturated carbocycles. The minimum absolute atomic E-state index is 0.0466. The molecule has 0 radical (unpaired) electrons. The second-order valence-electron chi connectivity index (χ2n) is 18.2. The SMILES string of the molecule is Cc1nnnn1-c1ccccc1.Cc1nnnn1C.Nc1cccc(-c2nn[nH]n2)c1.Nc1nn[nH]n1.O=c1c2c(nc3nn[nH]n13)CCCC2.O=c1ccn2nnnc2[nH]1.OCc1nnnn1-c1ccncc1.c1ccc(-c2ccc(-c3nn[nH]n3)cc2)cc1. The maximum Gasteiger partial charge on any atom is 0.278 e. The third-order valence-electron chi connectivity index (χ3n) is 12.2. The zero-order valence-electron chi connectivity index (χ0n) is 48.2. The van der Waals surface area contributed by atoms with Gasteiger partial charge in [-0.3, -0.25) is 19.6 Å². The van der Waals surface area contributed by atoms with Crippen LogP contribution in [-0.2, 0) is 26.5 Å². The highest BCUT2D eigenvalue weighted by atomic mass is 16.3. The first-order valence-electron chi connectivity index (χ1n) is 26.8. The van der Waals surface area contributed by atoms with Crippen LogP contribution in [0.15, 0.2) is 156 Å². The lowest BCUT2D eigenvalue weighted by atomic mass is 9.97. The third kappa shape index (κ3) is 17.6. The molecule has 16 rings (SSSR count). The molecule has 0 unspecified atom stereocenters. The first-order chi connectivity index (χ1) is 44.5. The number of hydrogen-bond donors (Lipinski definition) is 8. The largest absolute Gasteiger partial charge is 0.399 e. The average Bonchev–Trinajstić information content (AvgIpc) is 1.89. The van der Waals surface area contributed by atoms with Crippen LogP contribution in [0.25, 0.3) is 56.8 Å². The summed E-state index contributed by atoms with van der Waals surface area (Å²) in [6.07, 6.45) is 8.65. The van der Waals surface area contributed by atoms with Gasteiger partial charge in [0.1, 0.15) is 12.4 Å². The van der Waals surface area contributed by atoms with Gasteiger partial charge in [-0.15, -0.1) is 40.8 Å². The Morgan fingerprint density at radius 1 is 0.560 bits per heavy atom. The van der Waals surface area contributed by atoms with Crippen LogP contribution in [0.2, 0.25) is 0 Å². The summed E-state index contributed by atoms with van der Waals surface area (Å²) in [5, 5.41) is 101. The number of aromatic amines is 5.